The Morgan fingerprint density at radius 2 is 1.97 bits per heavy atom. The molecular formula is C25H32FN7O2. The first-order valence-corrected chi connectivity index (χ1v) is 12.5. The molecule has 4 aliphatic rings. The van der Waals surface area contributed by atoms with Crippen molar-refractivity contribution in [1.29, 1.82) is 0 Å². The van der Waals surface area contributed by atoms with Crippen molar-refractivity contribution in [1.82, 2.24) is 14.9 Å². The van der Waals surface area contributed by atoms with Crippen LogP contribution in [0.5, 0.6) is 0 Å². The Labute approximate surface area is 204 Å². The second-order valence-corrected chi connectivity index (χ2v) is 10.3. The van der Waals surface area contributed by atoms with Crippen LogP contribution in [0, 0.1) is 5.82 Å². The zero-order valence-corrected chi connectivity index (χ0v) is 20.0. The fourth-order valence-electron chi connectivity index (χ4n) is 5.88. The number of aromatic nitrogens is 2. The molecule has 3 fully saturated rings. The van der Waals surface area contributed by atoms with Gasteiger partial charge in [-0.05, 0) is 37.0 Å². The highest BCUT2D eigenvalue weighted by Crippen LogP contribution is 2.59. The molecule has 2 unspecified atom stereocenters. The summed E-state index contributed by atoms with van der Waals surface area (Å²) < 4.78 is 14.2. The first kappa shape index (κ1) is 22.5. The lowest BCUT2D eigenvalue weighted by atomic mass is 9.97. The normalized spacial score (nSPS) is 24.9. The lowest BCUT2D eigenvalue weighted by Gasteiger charge is -2.36. The minimum Gasteiger partial charge on any atom is -0.373 e. The molecule has 2 atom stereocenters. The summed E-state index contributed by atoms with van der Waals surface area (Å²) in [5.41, 5.74) is 8.46. The van der Waals surface area contributed by atoms with Crippen LogP contribution in [0.1, 0.15) is 37.3 Å². The van der Waals surface area contributed by atoms with Gasteiger partial charge in [-0.25, -0.2) is 9.37 Å². The van der Waals surface area contributed by atoms with Gasteiger partial charge in [-0.15, -0.1) is 0 Å². The summed E-state index contributed by atoms with van der Waals surface area (Å²) in [6.45, 7) is 6.11. The highest BCUT2D eigenvalue weighted by atomic mass is 19.1. The van der Waals surface area contributed by atoms with Crippen LogP contribution in [-0.4, -0.2) is 77.4 Å². The van der Waals surface area contributed by atoms with Crippen molar-refractivity contribution in [3.05, 3.63) is 41.3 Å². The molecule has 1 aromatic carbocycles. The maximum absolute atomic E-state index is 14.2. The fraction of sp³-hybridized carbons (Fsp3) is 0.560. The van der Waals surface area contributed by atoms with Crippen molar-refractivity contribution in [2.24, 2.45) is 5.73 Å². The van der Waals surface area contributed by atoms with Crippen LogP contribution in [0.2, 0.25) is 0 Å². The Morgan fingerprint density at radius 1 is 1.20 bits per heavy atom. The number of nitrogens with two attached hydrogens (primary N) is 1. The van der Waals surface area contributed by atoms with Crippen molar-refractivity contribution in [3.8, 4) is 0 Å². The number of aliphatic hydroxyl groups excluding tert-OH is 1. The number of piperazine rings is 1. The highest BCUT2D eigenvalue weighted by molar-refractivity contribution is 5.73. The number of hydrogen-bond donors (Lipinski definition) is 2. The number of benzene rings is 1. The van der Waals surface area contributed by atoms with Gasteiger partial charge < -0.3 is 30.4 Å². The predicted octanol–water partition coefficient (Wildman–Crippen LogP) is 1.19. The van der Waals surface area contributed by atoms with E-state index in [0.29, 0.717) is 38.7 Å². The SMILES string of the molecule is CC(=O)N1CCN(c2nc(N3CCC(N)C3)ncc2CN2c3cc(F)ccc3C3(CC3)C2O)CC1. The molecule has 3 aliphatic heterocycles. The number of fused-ring (bicyclic) bond motifs is 2. The second-order valence-electron chi connectivity index (χ2n) is 10.3. The van der Waals surface area contributed by atoms with E-state index in [1.165, 1.54) is 12.1 Å². The lowest BCUT2D eigenvalue weighted by molar-refractivity contribution is -0.129. The van der Waals surface area contributed by atoms with Gasteiger partial charge in [0.1, 0.15) is 17.9 Å². The summed E-state index contributed by atoms with van der Waals surface area (Å²) in [6, 6.07) is 4.94. The smallest absolute Gasteiger partial charge is 0.227 e. The van der Waals surface area contributed by atoms with Crippen molar-refractivity contribution in [3.63, 3.8) is 0 Å². The van der Waals surface area contributed by atoms with Gasteiger partial charge in [0.15, 0.2) is 0 Å². The molecule has 1 aliphatic carbocycles. The highest BCUT2D eigenvalue weighted by Gasteiger charge is 2.58. The number of amides is 1. The molecule has 1 amide bonds. The molecule has 0 bridgehead atoms. The molecule has 2 aromatic rings. The zero-order chi connectivity index (χ0) is 24.3. The summed E-state index contributed by atoms with van der Waals surface area (Å²) in [7, 11) is 0. The van der Waals surface area contributed by atoms with Gasteiger partial charge in [0.05, 0.1) is 6.54 Å². The number of rotatable bonds is 4. The summed E-state index contributed by atoms with van der Waals surface area (Å²) >= 11 is 0. The van der Waals surface area contributed by atoms with E-state index in [4.69, 9.17) is 10.7 Å². The van der Waals surface area contributed by atoms with Crippen LogP contribution >= 0.6 is 0 Å². The summed E-state index contributed by atoms with van der Waals surface area (Å²) in [6.07, 6.45) is 3.82. The quantitative estimate of drug-likeness (QED) is 0.672. The average molecular weight is 482 g/mol. The summed E-state index contributed by atoms with van der Waals surface area (Å²) in [4.78, 5) is 29.5. The number of carbonyl (C=O) groups is 1. The van der Waals surface area contributed by atoms with Gasteiger partial charge in [0, 0.05) is 75.1 Å². The van der Waals surface area contributed by atoms with Crippen molar-refractivity contribution >= 4 is 23.4 Å². The maximum Gasteiger partial charge on any atom is 0.227 e. The van der Waals surface area contributed by atoms with Gasteiger partial charge in [-0.1, -0.05) is 6.07 Å². The van der Waals surface area contributed by atoms with Gasteiger partial charge >= 0.3 is 0 Å². The molecule has 4 heterocycles. The molecule has 3 N–H and O–H groups in total. The number of hydrogen-bond acceptors (Lipinski definition) is 8. The van der Waals surface area contributed by atoms with Crippen LogP contribution in [-0.2, 0) is 16.8 Å². The molecule has 1 aromatic heterocycles. The van der Waals surface area contributed by atoms with E-state index in [-0.39, 0.29) is 23.2 Å². The van der Waals surface area contributed by atoms with Crippen molar-refractivity contribution in [2.45, 2.75) is 50.4 Å². The Kier molecular flexibility index (Phi) is 5.33. The molecule has 0 radical (unpaired) electrons. The van der Waals surface area contributed by atoms with E-state index in [1.54, 1.807) is 6.92 Å². The molecule has 2 saturated heterocycles. The third-order valence-corrected chi connectivity index (χ3v) is 8.09. The Balaban J connectivity index is 1.34. The standard InChI is InChI=1S/C25H32FN7O2/c1-16(34)30-8-10-31(11-9-30)22-17(13-28-24(29-22)32-7-4-19(27)15-32)14-33-21-12-18(26)2-3-20(21)25(5-6-25)23(33)35/h2-3,12-13,19,23,35H,4-11,14-15,27H2,1H3. The molecule has 35 heavy (non-hydrogen) atoms. The van der Waals surface area contributed by atoms with E-state index < -0.39 is 6.23 Å². The molecule has 9 nitrogen and oxygen atoms in total. The van der Waals surface area contributed by atoms with E-state index in [2.05, 4.69) is 14.8 Å². The molecule has 6 rings (SSSR count). The maximum atomic E-state index is 14.2. The number of aliphatic hydroxyl groups is 1. The third kappa shape index (κ3) is 3.79. The zero-order valence-electron chi connectivity index (χ0n) is 20.0. The van der Waals surface area contributed by atoms with E-state index in [1.807, 2.05) is 22.1 Å². The van der Waals surface area contributed by atoms with Crippen LogP contribution in [0.4, 0.5) is 21.8 Å². The molecule has 186 valence electrons. The molecule has 1 spiro atoms. The van der Waals surface area contributed by atoms with E-state index >= 15 is 0 Å². The Bertz CT molecular complexity index is 1150. The lowest BCUT2D eigenvalue weighted by Crippen LogP contribution is -2.49. The van der Waals surface area contributed by atoms with Crippen molar-refractivity contribution in [2.75, 3.05) is 54.0 Å². The minimum atomic E-state index is -0.710. The van der Waals surface area contributed by atoms with Crippen LogP contribution in [0.15, 0.2) is 24.4 Å². The van der Waals surface area contributed by atoms with E-state index in [9.17, 15) is 14.3 Å². The molecule has 1 saturated carbocycles. The van der Waals surface area contributed by atoms with Crippen LogP contribution in [0.3, 0.4) is 0 Å². The predicted molar refractivity (Wildman–Crippen MR) is 131 cm³/mol. The van der Waals surface area contributed by atoms with Gasteiger partial charge in [0.25, 0.3) is 0 Å². The van der Waals surface area contributed by atoms with Gasteiger partial charge in [-0.2, -0.15) is 4.98 Å². The Hall–Kier alpha value is -2.98. The fourth-order valence-corrected chi connectivity index (χ4v) is 5.88. The average Bonchev–Trinajstić information content (AvgIpc) is 3.50. The van der Waals surface area contributed by atoms with E-state index in [0.717, 1.165) is 55.0 Å². The second kappa shape index (κ2) is 8.30. The minimum absolute atomic E-state index is 0.0767. The number of anilines is 3. The summed E-state index contributed by atoms with van der Waals surface area (Å²) in [5.74, 6) is 1.22. The largest absolute Gasteiger partial charge is 0.373 e. The molecule has 10 heteroatoms. The monoisotopic (exact) mass is 481 g/mol. The number of halogens is 1. The topological polar surface area (TPSA) is 102 Å². The summed E-state index contributed by atoms with van der Waals surface area (Å²) in [5, 5.41) is 11.3. The first-order chi connectivity index (χ1) is 16.9. The van der Waals surface area contributed by atoms with Gasteiger partial charge in [0.2, 0.25) is 11.9 Å². The van der Waals surface area contributed by atoms with Crippen LogP contribution < -0.4 is 20.4 Å². The van der Waals surface area contributed by atoms with Crippen molar-refractivity contribution < 1.29 is 14.3 Å². The molecular weight excluding hydrogens is 449 g/mol. The number of nitrogens with zero attached hydrogens (tertiary/aromatic N) is 6. The number of carbonyl (C=O) groups excluding carboxylic acids is 1. The van der Waals surface area contributed by atoms with Crippen LogP contribution in [0.25, 0.3) is 0 Å². The van der Waals surface area contributed by atoms with Gasteiger partial charge in [-0.3, -0.25) is 4.79 Å². The third-order valence-electron chi connectivity index (χ3n) is 8.09. The Morgan fingerprint density at radius 3 is 2.63 bits per heavy atom. The first-order valence-electron chi connectivity index (χ1n) is 12.5.